The Bertz CT molecular complexity index is 935. The van der Waals surface area contributed by atoms with Gasteiger partial charge in [-0.15, -0.1) is 5.01 Å². The van der Waals surface area contributed by atoms with E-state index < -0.39 is 5.88 Å². The zero-order chi connectivity index (χ0) is 19.3. The van der Waals surface area contributed by atoms with Crippen LogP contribution in [0.3, 0.4) is 0 Å². The van der Waals surface area contributed by atoms with Gasteiger partial charge in [0.1, 0.15) is 17.9 Å². The van der Waals surface area contributed by atoms with Crippen LogP contribution in [-0.4, -0.2) is 49.9 Å². The van der Waals surface area contributed by atoms with E-state index in [1.807, 2.05) is 22.7 Å². The van der Waals surface area contributed by atoms with E-state index in [1.165, 1.54) is 0 Å². The molecular formula is C16H21N9O2. The smallest absolute Gasteiger partial charge is 0.277 e. The number of hydrogen-bond donors (Lipinski definition) is 4. The number of rotatable bonds is 2. The van der Waals surface area contributed by atoms with E-state index in [2.05, 4.69) is 20.8 Å². The summed E-state index contributed by atoms with van der Waals surface area (Å²) in [6.45, 7) is 7.30. The van der Waals surface area contributed by atoms with Gasteiger partial charge in [-0.25, -0.2) is 5.43 Å². The molecule has 2 aromatic rings. The Balaban J connectivity index is 1.80. The third-order valence-electron chi connectivity index (χ3n) is 5.07. The molecular weight excluding hydrogens is 350 g/mol. The molecule has 1 saturated heterocycles. The van der Waals surface area contributed by atoms with Crippen LogP contribution in [-0.2, 0) is 0 Å². The number of aromatic nitrogens is 3. The summed E-state index contributed by atoms with van der Waals surface area (Å²) < 4.78 is 1.86. The van der Waals surface area contributed by atoms with E-state index in [0.29, 0.717) is 35.2 Å². The first kappa shape index (κ1) is 17.7. The molecule has 27 heavy (non-hydrogen) atoms. The second-order valence-corrected chi connectivity index (χ2v) is 6.72. The highest BCUT2D eigenvalue weighted by molar-refractivity contribution is 5.61. The zero-order valence-electron chi connectivity index (χ0n) is 15.3. The molecule has 0 spiro atoms. The van der Waals surface area contributed by atoms with Crippen molar-refractivity contribution in [3.05, 3.63) is 28.6 Å². The van der Waals surface area contributed by atoms with Gasteiger partial charge in [0.15, 0.2) is 0 Å². The maximum Gasteiger partial charge on any atom is 0.277 e. The number of nitriles is 1. The van der Waals surface area contributed by atoms with Crippen molar-refractivity contribution in [3.8, 4) is 11.9 Å². The van der Waals surface area contributed by atoms with Crippen molar-refractivity contribution in [2.45, 2.75) is 26.9 Å². The molecule has 2 unspecified atom stereocenters. The van der Waals surface area contributed by atoms with Gasteiger partial charge in [0.2, 0.25) is 0 Å². The molecule has 11 heteroatoms. The molecule has 0 bridgehead atoms. The second-order valence-electron chi connectivity index (χ2n) is 6.72. The van der Waals surface area contributed by atoms with Gasteiger partial charge in [-0.1, -0.05) is 5.12 Å². The molecule has 142 valence electrons. The Morgan fingerprint density at radius 2 is 2.22 bits per heavy atom. The second kappa shape index (κ2) is 6.45. The molecule has 4 heterocycles. The normalized spacial score (nSPS) is 22.8. The van der Waals surface area contributed by atoms with Gasteiger partial charge >= 0.3 is 0 Å². The Morgan fingerprint density at radius 1 is 1.44 bits per heavy atom. The fourth-order valence-electron chi connectivity index (χ4n) is 3.67. The van der Waals surface area contributed by atoms with Gasteiger partial charge in [0.25, 0.3) is 5.82 Å². The van der Waals surface area contributed by atoms with Crippen molar-refractivity contribution in [3.63, 3.8) is 0 Å². The van der Waals surface area contributed by atoms with Crippen LogP contribution in [0.1, 0.15) is 28.6 Å². The van der Waals surface area contributed by atoms with Gasteiger partial charge in [0, 0.05) is 25.5 Å². The van der Waals surface area contributed by atoms with Crippen molar-refractivity contribution in [2.24, 2.45) is 0 Å². The summed E-state index contributed by atoms with van der Waals surface area (Å²) in [7, 11) is 0. The van der Waals surface area contributed by atoms with E-state index in [4.69, 9.17) is 0 Å². The Kier molecular flexibility index (Phi) is 4.22. The van der Waals surface area contributed by atoms with Crippen LogP contribution >= 0.6 is 0 Å². The molecule has 1 fully saturated rings. The molecule has 0 aliphatic carbocycles. The van der Waals surface area contributed by atoms with E-state index in [0.717, 1.165) is 23.2 Å². The number of nitrogens with one attached hydrogen (secondary N) is 3. The lowest BCUT2D eigenvalue weighted by molar-refractivity contribution is -1.02. The molecule has 0 saturated carbocycles. The minimum atomic E-state index is -0.545. The number of hydrogen-bond acceptors (Lipinski definition) is 9. The summed E-state index contributed by atoms with van der Waals surface area (Å²) in [4.78, 5) is 3.94. The number of piperazine rings is 1. The van der Waals surface area contributed by atoms with E-state index >= 15 is 0 Å². The predicted octanol–water partition coefficient (Wildman–Crippen LogP) is -1.37. The van der Waals surface area contributed by atoms with Crippen molar-refractivity contribution in [1.82, 2.24) is 30.4 Å². The zero-order valence-corrected chi connectivity index (χ0v) is 15.3. The van der Waals surface area contributed by atoms with Crippen LogP contribution in [0.15, 0.2) is 6.20 Å². The Labute approximate surface area is 155 Å². The van der Waals surface area contributed by atoms with Crippen LogP contribution in [0.4, 0.5) is 11.5 Å². The fourth-order valence-corrected chi connectivity index (χ4v) is 3.67. The summed E-state index contributed by atoms with van der Waals surface area (Å²) in [6.07, 6.45) is 1.61. The van der Waals surface area contributed by atoms with Crippen LogP contribution < -0.4 is 21.0 Å². The minimum Gasteiger partial charge on any atom is -0.858 e. The van der Waals surface area contributed by atoms with Crippen LogP contribution in [0.25, 0.3) is 0 Å². The first-order valence-electron chi connectivity index (χ1n) is 8.67. The lowest BCUT2D eigenvalue weighted by Crippen LogP contribution is -3.20. The molecule has 2 aliphatic rings. The average molecular weight is 371 g/mol. The van der Waals surface area contributed by atoms with Gasteiger partial charge < -0.3 is 10.4 Å². The number of quaternary nitrogens is 1. The molecule has 0 aromatic carbocycles. The minimum absolute atomic E-state index is 0.00530. The summed E-state index contributed by atoms with van der Waals surface area (Å²) >= 11 is 0. The topological polar surface area (TPSA) is 133 Å². The number of fused-ring (bicyclic) bond motifs is 3. The number of aryl methyl sites for hydroxylation is 2. The highest BCUT2D eigenvalue weighted by Gasteiger charge is 2.45. The summed E-state index contributed by atoms with van der Waals surface area (Å²) in [5.41, 5.74) is 5.58. The molecule has 0 radical (unpaired) electrons. The largest absolute Gasteiger partial charge is 0.858 e. The third-order valence-corrected chi connectivity index (χ3v) is 5.07. The number of pyridine rings is 1. The first-order chi connectivity index (χ1) is 12.9. The van der Waals surface area contributed by atoms with Gasteiger partial charge in [-0.3, -0.25) is 10.2 Å². The van der Waals surface area contributed by atoms with Gasteiger partial charge in [-0.2, -0.15) is 15.0 Å². The number of anilines is 1. The van der Waals surface area contributed by atoms with Gasteiger partial charge in [-0.05, 0) is 26.3 Å². The van der Waals surface area contributed by atoms with Crippen molar-refractivity contribution < 1.29 is 15.4 Å². The van der Waals surface area contributed by atoms with Crippen molar-refractivity contribution in [1.29, 1.82) is 5.26 Å². The quantitative estimate of drug-likeness (QED) is 0.505. The van der Waals surface area contributed by atoms with Crippen LogP contribution in [0.5, 0.6) is 5.88 Å². The maximum atomic E-state index is 11.9. The molecule has 0 amide bonds. The Hall–Kier alpha value is -2.75. The van der Waals surface area contributed by atoms with E-state index in [-0.39, 0.29) is 11.7 Å². The SMILES string of the molecule is Cc1cnn2c1[NH+](Nc1c(C)nc([O-])c(C#N)c1C)N(O)N1CCNCC12. The Morgan fingerprint density at radius 3 is 2.96 bits per heavy atom. The van der Waals surface area contributed by atoms with Crippen LogP contribution in [0, 0.1) is 32.1 Å². The average Bonchev–Trinajstić information content (AvgIpc) is 3.03. The highest BCUT2D eigenvalue weighted by Crippen LogP contribution is 2.28. The molecule has 2 aliphatic heterocycles. The lowest BCUT2D eigenvalue weighted by atomic mass is 10.1. The molecule has 11 nitrogen and oxygen atoms in total. The number of nitrogens with zero attached hydrogens (tertiary/aromatic N) is 6. The van der Waals surface area contributed by atoms with Crippen molar-refractivity contribution in [2.75, 3.05) is 25.1 Å². The summed E-state index contributed by atoms with van der Waals surface area (Å²) in [5, 5.41) is 43.3. The van der Waals surface area contributed by atoms with E-state index in [1.54, 1.807) is 20.0 Å². The monoisotopic (exact) mass is 371 g/mol. The molecule has 4 N–H and O–H groups in total. The van der Waals surface area contributed by atoms with E-state index in [9.17, 15) is 15.6 Å². The first-order valence-corrected chi connectivity index (χ1v) is 8.67. The maximum absolute atomic E-state index is 11.9. The third kappa shape index (κ3) is 2.62. The standard InChI is InChI=1S/C16H21N9O2/c1-9-7-19-23-13-8-18-4-5-22(13)25(27)24(16(9)23)21-14-10(2)12(6-17)15(26)20-11(14)3/h7,13,18,21,27H,4-5,8H2,1-3H3,(H,20,26). The summed E-state index contributed by atoms with van der Waals surface area (Å²) in [5.74, 6) is 0.196. The van der Waals surface area contributed by atoms with Gasteiger partial charge in [0.05, 0.1) is 28.3 Å². The molecule has 2 atom stereocenters. The summed E-state index contributed by atoms with van der Waals surface area (Å²) in [6, 6.07) is 1.91. The fraction of sp³-hybridized carbons (Fsp3) is 0.438. The predicted molar refractivity (Wildman–Crippen MR) is 91.3 cm³/mol. The molecule has 2 aromatic heterocycles. The van der Waals surface area contributed by atoms with Crippen molar-refractivity contribution >= 4 is 11.5 Å². The number of hydrazine groups is 1. The lowest BCUT2D eigenvalue weighted by Gasteiger charge is -2.44. The molecule has 4 rings (SSSR count). The highest BCUT2D eigenvalue weighted by atomic mass is 16.6. The van der Waals surface area contributed by atoms with Crippen LogP contribution in [0.2, 0.25) is 0 Å².